The first-order valence-corrected chi connectivity index (χ1v) is 20.9. The third kappa shape index (κ3) is 4.41. The van der Waals surface area contributed by atoms with Crippen LogP contribution in [0.4, 0.5) is 0 Å². The van der Waals surface area contributed by atoms with Crippen molar-refractivity contribution in [3.05, 3.63) is 157 Å². The number of pyridine rings is 2. The first kappa shape index (κ1) is 33.8. The molecule has 4 heteroatoms. The van der Waals surface area contributed by atoms with Crippen molar-refractivity contribution in [2.45, 2.75) is 71.3 Å². The lowest BCUT2D eigenvalue weighted by atomic mass is 9.59. The van der Waals surface area contributed by atoms with Gasteiger partial charge in [-0.15, -0.1) is 0 Å². The molecule has 10 aromatic rings. The predicted molar refractivity (Wildman–Crippen MR) is 239 cm³/mol. The Labute approximate surface area is 338 Å². The van der Waals surface area contributed by atoms with Gasteiger partial charge in [0.1, 0.15) is 11.2 Å². The van der Waals surface area contributed by atoms with Crippen LogP contribution in [0.5, 0.6) is 0 Å². The van der Waals surface area contributed by atoms with Gasteiger partial charge >= 0.3 is 0 Å². The van der Waals surface area contributed by atoms with E-state index in [1.807, 2.05) is 0 Å². The van der Waals surface area contributed by atoms with Crippen molar-refractivity contribution in [2.75, 3.05) is 0 Å². The van der Waals surface area contributed by atoms with E-state index >= 15 is 0 Å². The molecule has 0 radical (unpaired) electrons. The average molecular weight is 754 g/mol. The van der Waals surface area contributed by atoms with Crippen LogP contribution in [-0.4, -0.2) is 4.40 Å². The van der Waals surface area contributed by atoms with E-state index in [9.17, 15) is 0 Å². The second kappa shape index (κ2) is 11.4. The molecule has 2 unspecified atom stereocenters. The van der Waals surface area contributed by atoms with Crippen LogP contribution in [-0.2, 0) is 23.8 Å². The number of aryl methyl sites for hydroxylation is 1. The molecular formula is C54H47N3O+2. The second-order valence-corrected chi connectivity index (χ2v) is 18.9. The number of hydrogen-bond acceptors (Lipinski definition) is 1. The zero-order chi connectivity index (χ0) is 39.3. The maximum absolute atomic E-state index is 6.75. The highest BCUT2D eigenvalue weighted by Crippen LogP contribution is 2.54. The summed E-state index contributed by atoms with van der Waals surface area (Å²) >= 11 is 0. The van der Waals surface area contributed by atoms with Gasteiger partial charge in [0.15, 0.2) is 23.6 Å². The number of nitrogens with zero attached hydrogens (tertiary/aromatic N) is 3. The molecule has 0 spiro atoms. The molecule has 58 heavy (non-hydrogen) atoms. The highest BCUT2D eigenvalue weighted by Gasteiger charge is 2.59. The van der Waals surface area contributed by atoms with Crippen LogP contribution in [0.1, 0.15) is 64.2 Å². The van der Waals surface area contributed by atoms with Crippen molar-refractivity contribution in [3.8, 4) is 22.5 Å². The third-order valence-electron chi connectivity index (χ3n) is 14.2. The Balaban J connectivity index is 1.21. The fraction of sp³-hybridized carbons (Fsp3) is 0.222. The Morgan fingerprint density at radius 2 is 1.48 bits per heavy atom. The minimum atomic E-state index is -0.342. The lowest BCUT2D eigenvalue weighted by Gasteiger charge is -2.47. The Hall–Kier alpha value is -6.26. The Morgan fingerprint density at radius 3 is 2.34 bits per heavy atom. The van der Waals surface area contributed by atoms with Gasteiger partial charge in [0.25, 0.3) is 0 Å². The first-order chi connectivity index (χ1) is 28.0. The van der Waals surface area contributed by atoms with E-state index in [4.69, 9.17) is 11.0 Å². The van der Waals surface area contributed by atoms with E-state index in [0.717, 1.165) is 47.9 Å². The van der Waals surface area contributed by atoms with Crippen LogP contribution in [0.2, 0.25) is 0 Å². The van der Waals surface area contributed by atoms with Crippen molar-refractivity contribution < 1.29 is 13.6 Å². The minimum absolute atomic E-state index is 0.157. The number of rotatable bonds is 1. The van der Waals surface area contributed by atoms with E-state index in [2.05, 4.69) is 182 Å². The molecule has 0 N–H and O–H groups in total. The molecule has 2 atom stereocenters. The van der Waals surface area contributed by atoms with Crippen LogP contribution < -0.4 is 9.13 Å². The number of benzene rings is 5. The highest BCUT2D eigenvalue weighted by atomic mass is 16.3. The highest BCUT2D eigenvalue weighted by molar-refractivity contribution is 6.33. The molecule has 0 amide bonds. The number of para-hydroxylation sites is 2. The van der Waals surface area contributed by atoms with Crippen LogP contribution in [0.3, 0.4) is 0 Å². The fourth-order valence-corrected chi connectivity index (χ4v) is 11.4. The standard InChI is InChI=1S/C54H47N3O/c1-33-31-54(6)53(5,24-22-35-15-7-8-16-36(35)44-19-13-14-25-55(33)44)43-30-47-39(28-42(43)46-27-34(23-26-56(46)54)32-52(2,3)4)40-29-41-37-17-10-12-21-48(37)58-51(41)49-38-18-9-11-20-45(38)57(47)50(40)49/h7-21,23,25-30H,1,22,24,31-32H2,2-6H3/q+2. The number of hydrogen-bond donors (Lipinski definition) is 0. The smallest absolute Gasteiger partial charge is 0.218 e. The van der Waals surface area contributed by atoms with Crippen LogP contribution >= 0.6 is 0 Å². The maximum Gasteiger partial charge on any atom is 0.218 e. The lowest BCUT2D eigenvalue weighted by molar-refractivity contribution is -0.766. The Bertz CT molecular complexity index is 3390. The zero-order valence-corrected chi connectivity index (χ0v) is 34.0. The number of allylic oxidation sites excluding steroid dienone is 1. The van der Waals surface area contributed by atoms with Gasteiger partial charge in [-0.3, -0.25) is 0 Å². The first-order valence-electron chi connectivity index (χ1n) is 20.9. The Morgan fingerprint density at radius 1 is 0.707 bits per heavy atom. The average Bonchev–Trinajstić information content (AvgIpc) is 3.87. The van der Waals surface area contributed by atoms with Gasteiger partial charge in [0.05, 0.1) is 39.3 Å². The Kier molecular flexibility index (Phi) is 6.68. The number of aromatic nitrogens is 3. The summed E-state index contributed by atoms with van der Waals surface area (Å²) in [6.07, 6.45) is 8.35. The molecular weight excluding hydrogens is 707 g/mol. The monoisotopic (exact) mass is 753 g/mol. The maximum atomic E-state index is 6.75. The van der Waals surface area contributed by atoms with E-state index in [1.54, 1.807) is 0 Å². The van der Waals surface area contributed by atoms with E-state index in [0.29, 0.717) is 0 Å². The summed E-state index contributed by atoms with van der Waals surface area (Å²) < 4.78 is 14.3. The van der Waals surface area contributed by atoms with Gasteiger partial charge in [-0.2, -0.15) is 9.13 Å². The number of furan rings is 1. The van der Waals surface area contributed by atoms with Gasteiger partial charge < -0.3 is 8.82 Å². The molecule has 4 nitrogen and oxygen atoms in total. The molecule has 0 saturated heterocycles. The van der Waals surface area contributed by atoms with E-state index in [-0.39, 0.29) is 16.4 Å². The summed E-state index contributed by atoms with van der Waals surface area (Å²) in [7, 11) is 0. The predicted octanol–water partition coefficient (Wildman–Crippen LogP) is 12.7. The largest absolute Gasteiger partial charge is 0.455 e. The topological polar surface area (TPSA) is 25.3 Å². The quantitative estimate of drug-likeness (QED) is 0.153. The van der Waals surface area contributed by atoms with E-state index < -0.39 is 0 Å². The SMILES string of the molecule is C=C1CC2(C)[n+]3ccc(CC(C)(C)C)cc3-c3cc4c5cc6c7ccccc7oc6c6c7ccccc7n(c4cc3C2(C)CCc2ccccc2-c2cccc[n+]21)c56. The van der Waals surface area contributed by atoms with Crippen molar-refractivity contribution >= 4 is 65.7 Å². The number of fused-ring (bicyclic) bond motifs is 19. The van der Waals surface area contributed by atoms with Gasteiger partial charge in [-0.1, -0.05) is 75.4 Å². The fourth-order valence-electron chi connectivity index (χ4n) is 11.4. The molecule has 0 aliphatic carbocycles. The summed E-state index contributed by atoms with van der Waals surface area (Å²) in [5.74, 6) is 0. The molecule has 0 fully saturated rings. The van der Waals surface area contributed by atoms with Gasteiger partial charge in [-0.25, -0.2) is 0 Å². The minimum Gasteiger partial charge on any atom is -0.455 e. The van der Waals surface area contributed by atoms with Crippen molar-refractivity contribution in [1.29, 1.82) is 0 Å². The molecule has 2 aliphatic heterocycles. The summed E-state index contributed by atoms with van der Waals surface area (Å²) in [6.45, 7) is 17.0. The van der Waals surface area contributed by atoms with Gasteiger partial charge in [0.2, 0.25) is 11.4 Å². The summed E-state index contributed by atoms with van der Waals surface area (Å²) in [4.78, 5) is 0. The molecule has 12 rings (SSSR count). The molecule has 0 bridgehead atoms. The molecule has 2 aliphatic rings. The normalized spacial score (nSPS) is 19.5. The van der Waals surface area contributed by atoms with Crippen LogP contribution in [0.15, 0.2) is 145 Å². The molecule has 7 heterocycles. The molecule has 282 valence electrons. The summed E-state index contributed by atoms with van der Waals surface area (Å²) in [5, 5.41) is 7.34. The summed E-state index contributed by atoms with van der Waals surface area (Å²) in [5.41, 5.74) is 15.5. The molecule has 5 aromatic heterocycles. The molecule has 5 aromatic carbocycles. The van der Waals surface area contributed by atoms with E-state index in [1.165, 1.54) is 82.7 Å². The van der Waals surface area contributed by atoms with Crippen molar-refractivity contribution in [1.82, 2.24) is 4.40 Å². The van der Waals surface area contributed by atoms with Crippen LogP contribution in [0, 0.1) is 5.41 Å². The zero-order valence-electron chi connectivity index (χ0n) is 34.0. The molecule has 0 saturated carbocycles. The third-order valence-corrected chi connectivity index (χ3v) is 14.2. The van der Waals surface area contributed by atoms with Crippen molar-refractivity contribution in [3.63, 3.8) is 0 Å². The van der Waals surface area contributed by atoms with Crippen molar-refractivity contribution in [2.24, 2.45) is 5.41 Å². The van der Waals surface area contributed by atoms with Gasteiger partial charge in [0, 0.05) is 63.7 Å². The second-order valence-electron chi connectivity index (χ2n) is 18.9. The summed E-state index contributed by atoms with van der Waals surface area (Å²) in [6, 6.07) is 45.4. The van der Waals surface area contributed by atoms with Crippen LogP contribution in [0.25, 0.3) is 88.2 Å². The lowest BCUT2D eigenvalue weighted by Crippen LogP contribution is -2.68. The van der Waals surface area contributed by atoms with Gasteiger partial charge in [-0.05, 0) is 97.3 Å².